The molecule has 0 saturated carbocycles. The minimum Gasteiger partial charge on any atom is -0.325 e. The molecule has 1 N–H and O–H groups in total. The van der Waals surface area contributed by atoms with Gasteiger partial charge in [-0.2, -0.15) is 4.31 Å². The Morgan fingerprint density at radius 1 is 0.966 bits per heavy atom. The second-order valence-electron chi connectivity index (χ2n) is 6.63. The summed E-state index contributed by atoms with van der Waals surface area (Å²) in [5.41, 5.74) is 2.26. The van der Waals surface area contributed by atoms with E-state index >= 15 is 0 Å². The van der Waals surface area contributed by atoms with Crippen LogP contribution in [0.5, 0.6) is 0 Å². The Morgan fingerprint density at radius 3 is 2.31 bits per heavy atom. The van der Waals surface area contributed by atoms with Gasteiger partial charge in [0.2, 0.25) is 15.9 Å². The molecule has 3 aromatic rings. The zero-order valence-corrected chi connectivity index (χ0v) is 17.5. The van der Waals surface area contributed by atoms with Gasteiger partial charge in [-0.25, -0.2) is 8.42 Å². The van der Waals surface area contributed by atoms with Crippen molar-refractivity contribution < 1.29 is 13.2 Å². The van der Waals surface area contributed by atoms with Crippen molar-refractivity contribution in [2.45, 2.75) is 18.4 Å². The Bertz CT molecular complexity index is 1080. The summed E-state index contributed by atoms with van der Waals surface area (Å²) in [5.74, 6) is -0.445. The zero-order valence-electron chi connectivity index (χ0n) is 15.9. The highest BCUT2D eigenvalue weighted by atomic mass is 35.5. The van der Waals surface area contributed by atoms with Gasteiger partial charge in [0.1, 0.15) is 0 Å². The van der Waals surface area contributed by atoms with Crippen LogP contribution in [-0.4, -0.2) is 25.2 Å². The van der Waals surface area contributed by atoms with E-state index in [1.165, 1.54) is 4.31 Å². The summed E-state index contributed by atoms with van der Waals surface area (Å²) in [7, 11) is -3.87. The molecule has 3 rings (SSSR count). The minimum atomic E-state index is -3.87. The number of halogens is 1. The number of nitrogens with one attached hydrogen (secondary N) is 1. The van der Waals surface area contributed by atoms with Gasteiger partial charge in [-0.15, -0.1) is 0 Å². The molecule has 0 aliphatic heterocycles. The van der Waals surface area contributed by atoms with Crippen molar-refractivity contribution in [2.75, 3.05) is 11.9 Å². The average Bonchev–Trinajstić information content (AvgIpc) is 2.68. The minimum absolute atomic E-state index is 0.0833. The van der Waals surface area contributed by atoms with Crippen molar-refractivity contribution in [1.82, 2.24) is 4.31 Å². The quantitative estimate of drug-likeness (QED) is 0.603. The molecule has 0 spiro atoms. The Morgan fingerprint density at radius 2 is 1.66 bits per heavy atom. The maximum atomic E-state index is 13.2. The van der Waals surface area contributed by atoms with E-state index < -0.39 is 15.9 Å². The van der Waals surface area contributed by atoms with Gasteiger partial charge in [-0.3, -0.25) is 4.79 Å². The summed E-state index contributed by atoms with van der Waals surface area (Å²) < 4.78 is 27.6. The number of aryl methyl sites for hydroxylation is 1. The van der Waals surface area contributed by atoms with Crippen LogP contribution in [0.4, 0.5) is 5.69 Å². The number of anilines is 1. The van der Waals surface area contributed by atoms with Crippen LogP contribution in [0.2, 0.25) is 5.02 Å². The molecule has 1 amide bonds. The van der Waals surface area contributed by atoms with Crippen molar-refractivity contribution in [3.8, 4) is 0 Å². The zero-order chi connectivity index (χ0) is 20.9. The molecular weight excluding hydrogens is 408 g/mol. The average molecular weight is 429 g/mol. The van der Waals surface area contributed by atoms with E-state index in [1.807, 2.05) is 37.3 Å². The smallest absolute Gasteiger partial charge is 0.243 e. The van der Waals surface area contributed by atoms with Crippen molar-refractivity contribution >= 4 is 33.2 Å². The second-order valence-corrected chi connectivity index (χ2v) is 9.00. The monoisotopic (exact) mass is 428 g/mol. The van der Waals surface area contributed by atoms with E-state index in [2.05, 4.69) is 5.32 Å². The summed E-state index contributed by atoms with van der Waals surface area (Å²) in [6, 6.07) is 22.5. The highest BCUT2D eigenvalue weighted by molar-refractivity contribution is 7.89. The van der Waals surface area contributed by atoms with Gasteiger partial charge in [0.15, 0.2) is 0 Å². The lowest BCUT2D eigenvalue weighted by Crippen LogP contribution is -2.37. The molecule has 0 radical (unpaired) electrons. The fraction of sp³-hybridized carbons (Fsp3) is 0.136. The first-order valence-electron chi connectivity index (χ1n) is 9.01. The summed E-state index contributed by atoms with van der Waals surface area (Å²) in [6.07, 6.45) is 0. The van der Waals surface area contributed by atoms with E-state index in [9.17, 15) is 13.2 Å². The van der Waals surface area contributed by atoms with Gasteiger partial charge in [0.25, 0.3) is 0 Å². The van der Waals surface area contributed by atoms with E-state index in [4.69, 9.17) is 11.6 Å². The van der Waals surface area contributed by atoms with Crippen LogP contribution in [0.25, 0.3) is 0 Å². The number of hydrogen-bond acceptors (Lipinski definition) is 3. The first-order valence-corrected chi connectivity index (χ1v) is 10.8. The molecule has 0 saturated heterocycles. The van der Waals surface area contributed by atoms with Crippen molar-refractivity contribution in [3.63, 3.8) is 0 Å². The number of carbonyl (C=O) groups is 1. The first kappa shape index (κ1) is 21.0. The largest absolute Gasteiger partial charge is 0.325 e. The maximum Gasteiger partial charge on any atom is 0.243 e. The number of nitrogens with zero attached hydrogens (tertiary/aromatic N) is 1. The van der Waals surface area contributed by atoms with Crippen molar-refractivity contribution in [3.05, 3.63) is 95.0 Å². The lowest BCUT2D eigenvalue weighted by molar-refractivity contribution is -0.116. The van der Waals surface area contributed by atoms with Crippen LogP contribution in [-0.2, 0) is 21.4 Å². The van der Waals surface area contributed by atoms with Crippen LogP contribution < -0.4 is 5.32 Å². The third kappa shape index (κ3) is 5.67. The molecule has 0 fully saturated rings. The van der Waals surface area contributed by atoms with Crippen LogP contribution in [0.1, 0.15) is 11.1 Å². The molecule has 0 heterocycles. The molecular formula is C22H21ClN2O3S. The van der Waals surface area contributed by atoms with E-state index in [1.54, 1.807) is 48.5 Å². The number of amides is 1. The Balaban J connectivity index is 1.86. The maximum absolute atomic E-state index is 13.2. The van der Waals surface area contributed by atoms with Crippen molar-refractivity contribution in [1.29, 1.82) is 0 Å². The van der Waals surface area contributed by atoms with Gasteiger partial charge in [-0.05, 0) is 42.8 Å². The number of rotatable bonds is 7. The molecule has 0 aliphatic rings. The standard InChI is InChI=1S/C22H21ClN2O3S/c1-17-10-12-21(13-11-17)29(27,28)25(15-18-6-3-2-4-7-18)16-22(26)24-20-9-5-8-19(23)14-20/h2-14H,15-16H2,1H3,(H,24,26). The van der Waals surface area contributed by atoms with Gasteiger partial charge in [0.05, 0.1) is 11.4 Å². The first-order chi connectivity index (χ1) is 13.8. The molecule has 150 valence electrons. The fourth-order valence-corrected chi connectivity index (χ4v) is 4.37. The molecule has 0 atom stereocenters. The topological polar surface area (TPSA) is 66.5 Å². The predicted molar refractivity (Wildman–Crippen MR) is 115 cm³/mol. The number of hydrogen-bond donors (Lipinski definition) is 1. The van der Waals surface area contributed by atoms with E-state index in [0.29, 0.717) is 10.7 Å². The van der Waals surface area contributed by atoms with Gasteiger partial charge < -0.3 is 5.32 Å². The van der Waals surface area contributed by atoms with Crippen LogP contribution >= 0.6 is 11.6 Å². The molecule has 0 aliphatic carbocycles. The molecule has 0 bridgehead atoms. The molecule has 5 nitrogen and oxygen atoms in total. The second kappa shape index (κ2) is 9.22. The van der Waals surface area contributed by atoms with Crippen LogP contribution in [0.3, 0.4) is 0 Å². The highest BCUT2D eigenvalue weighted by Crippen LogP contribution is 2.20. The van der Waals surface area contributed by atoms with Crippen LogP contribution in [0, 0.1) is 6.92 Å². The van der Waals surface area contributed by atoms with Gasteiger partial charge in [-0.1, -0.05) is 65.7 Å². The SMILES string of the molecule is Cc1ccc(S(=O)(=O)N(CC(=O)Nc2cccc(Cl)c2)Cc2ccccc2)cc1. The lowest BCUT2D eigenvalue weighted by atomic mass is 10.2. The molecule has 3 aromatic carbocycles. The number of benzene rings is 3. The Labute approximate surface area is 176 Å². The summed E-state index contributed by atoms with van der Waals surface area (Å²) >= 11 is 5.95. The van der Waals surface area contributed by atoms with Crippen LogP contribution in [0.15, 0.2) is 83.8 Å². The molecule has 29 heavy (non-hydrogen) atoms. The van der Waals surface area contributed by atoms with Gasteiger partial charge >= 0.3 is 0 Å². The third-order valence-electron chi connectivity index (χ3n) is 4.29. The Kier molecular flexibility index (Phi) is 6.69. The fourth-order valence-electron chi connectivity index (χ4n) is 2.80. The molecule has 7 heteroatoms. The number of carbonyl (C=O) groups excluding carboxylic acids is 1. The lowest BCUT2D eigenvalue weighted by Gasteiger charge is -2.22. The van der Waals surface area contributed by atoms with E-state index in [0.717, 1.165) is 11.1 Å². The van der Waals surface area contributed by atoms with Gasteiger partial charge in [0, 0.05) is 17.3 Å². The summed E-state index contributed by atoms with van der Waals surface area (Å²) in [5, 5.41) is 3.18. The van der Waals surface area contributed by atoms with Crippen molar-refractivity contribution in [2.24, 2.45) is 0 Å². The Hall–Kier alpha value is -2.67. The molecule has 0 unspecified atom stereocenters. The number of sulfonamides is 1. The third-order valence-corrected chi connectivity index (χ3v) is 6.33. The summed E-state index contributed by atoms with van der Waals surface area (Å²) in [6.45, 7) is 1.65. The normalized spacial score (nSPS) is 11.4. The predicted octanol–water partition coefficient (Wildman–Crippen LogP) is 4.48. The highest BCUT2D eigenvalue weighted by Gasteiger charge is 2.27. The van der Waals surface area contributed by atoms with E-state index in [-0.39, 0.29) is 18.0 Å². The summed E-state index contributed by atoms with van der Waals surface area (Å²) in [4.78, 5) is 12.7. The molecule has 0 aromatic heterocycles.